The number of amides is 1. The van der Waals surface area contributed by atoms with Crippen molar-refractivity contribution < 1.29 is 4.79 Å². The van der Waals surface area contributed by atoms with Gasteiger partial charge in [-0.25, -0.2) is 4.68 Å². The van der Waals surface area contributed by atoms with Crippen LogP contribution in [0.1, 0.15) is 32.1 Å². The van der Waals surface area contributed by atoms with Gasteiger partial charge in [-0.1, -0.05) is 6.42 Å². The van der Waals surface area contributed by atoms with Gasteiger partial charge in [0.05, 0.1) is 12.6 Å². The van der Waals surface area contributed by atoms with E-state index >= 15 is 0 Å². The first kappa shape index (κ1) is 12.4. The third-order valence-electron chi connectivity index (χ3n) is 4.28. The predicted octanol–water partition coefficient (Wildman–Crippen LogP) is 1.03. The molecule has 1 atom stereocenters. The van der Waals surface area contributed by atoms with Gasteiger partial charge in [0, 0.05) is 24.7 Å². The quantitative estimate of drug-likeness (QED) is 0.816. The summed E-state index contributed by atoms with van der Waals surface area (Å²) in [5.41, 5.74) is -0.0922. The molecule has 102 valence electrons. The van der Waals surface area contributed by atoms with Crippen LogP contribution in [0.3, 0.4) is 0 Å². The molecule has 0 N–H and O–H groups in total. The SMILES string of the molecule is O=C(C1CCC1)N1CCCC1Cn1ncccc1=O. The summed E-state index contributed by atoms with van der Waals surface area (Å²) in [7, 11) is 0. The molecule has 1 aliphatic carbocycles. The maximum atomic E-state index is 12.3. The van der Waals surface area contributed by atoms with Crippen LogP contribution in [0, 0.1) is 5.92 Å². The lowest BCUT2D eigenvalue weighted by molar-refractivity contribution is -0.139. The molecule has 2 aliphatic rings. The number of hydrogen-bond acceptors (Lipinski definition) is 3. The Labute approximate surface area is 112 Å². The second-order valence-electron chi connectivity index (χ2n) is 5.50. The Kier molecular flexibility index (Phi) is 3.36. The molecule has 1 aromatic heterocycles. The van der Waals surface area contributed by atoms with Crippen LogP contribution in [-0.2, 0) is 11.3 Å². The maximum Gasteiger partial charge on any atom is 0.266 e. The fourth-order valence-electron chi connectivity index (χ4n) is 2.93. The van der Waals surface area contributed by atoms with Crippen molar-refractivity contribution in [3.05, 3.63) is 28.7 Å². The predicted molar refractivity (Wildman–Crippen MR) is 70.6 cm³/mol. The van der Waals surface area contributed by atoms with Crippen molar-refractivity contribution in [2.75, 3.05) is 6.54 Å². The highest BCUT2D eigenvalue weighted by atomic mass is 16.2. The van der Waals surface area contributed by atoms with E-state index in [9.17, 15) is 9.59 Å². The van der Waals surface area contributed by atoms with Crippen LogP contribution in [0.4, 0.5) is 0 Å². The second-order valence-corrected chi connectivity index (χ2v) is 5.50. The van der Waals surface area contributed by atoms with Crippen LogP contribution in [0.15, 0.2) is 23.1 Å². The number of hydrogen-bond donors (Lipinski definition) is 0. The largest absolute Gasteiger partial charge is 0.338 e. The number of aromatic nitrogens is 2. The van der Waals surface area contributed by atoms with Crippen LogP contribution in [0.5, 0.6) is 0 Å². The highest BCUT2D eigenvalue weighted by Gasteiger charge is 2.35. The summed E-state index contributed by atoms with van der Waals surface area (Å²) in [5, 5.41) is 4.08. The lowest BCUT2D eigenvalue weighted by atomic mass is 9.84. The highest BCUT2D eigenvalue weighted by Crippen LogP contribution is 2.31. The van der Waals surface area contributed by atoms with E-state index in [4.69, 9.17) is 0 Å². The van der Waals surface area contributed by atoms with Gasteiger partial charge < -0.3 is 4.90 Å². The summed E-state index contributed by atoms with van der Waals surface area (Å²) >= 11 is 0. The van der Waals surface area contributed by atoms with Crippen LogP contribution in [-0.4, -0.2) is 33.2 Å². The van der Waals surface area contributed by atoms with Gasteiger partial charge in [0.15, 0.2) is 0 Å². The Balaban J connectivity index is 1.71. The van der Waals surface area contributed by atoms with Crippen molar-refractivity contribution in [2.24, 2.45) is 5.92 Å². The monoisotopic (exact) mass is 261 g/mol. The van der Waals surface area contributed by atoms with Crippen molar-refractivity contribution >= 4 is 5.91 Å². The first-order valence-corrected chi connectivity index (χ1v) is 7.08. The summed E-state index contributed by atoms with van der Waals surface area (Å²) in [6.45, 7) is 1.36. The molecule has 2 fully saturated rings. The number of rotatable bonds is 3. The zero-order valence-electron chi connectivity index (χ0n) is 11.0. The standard InChI is InChI=1S/C14H19N3O2/c18-13-7-2-8-15-17(13)10-12-6-3-9-16(12)14(19)11-4-1-5-11/h2,7-8,11-12H,1,3-6,9-10H2. The fraction of sp³-hybridized carbons (Fsp3) is 0.643. The van der Waals surface area contributed by atoms with Gasteiger partial charge in [0.1, 0.15) is 0 Å². The molecule has 0 spiro atoms. The molecule has 1 aliphatic heterocycles. The average molecular weight is 261 g/mol. The summed E-state index contributed by atoms with van der Waals surface area (Å²) in [6.07, 6.45) is 6.87. The van der Waals surface area contributed by atoms with E-state index in [-0.39, 0.29) is 23.4 Å². The Morgan fingerprint density at radius 1 is 1.32 bits per heavy atom. The van der Waals surface area contributed by atoms with Gasteiger partial charge in [-0.05, 0) is 31.7 Å². The number of nitrogens with zero attached hydrogens (tertiary/aromatic N) is 3. The maximum absolute atomic E-state index is 12.3. The lowest BCUT2D eigenvalue weighted by Crippen LogP contribution is -2.44. The summed E-state index contributed by atoms with van der Waals surface area (Å²) in [6, 6.07) is 3.30. The van der Waals surface area contributed by atoms with Gasteiger partial charge in [-0.3, -0.25) is 9.59 Å². The van der Waals surface area contributed by atoms with Gasteiger partial charge in [0.25, 0.3) is 5.56 Å². The molecule has 0 radical (unpaired) electrons. The van der Waals surface area contributed by atoms with E-state index in [0.29, 0.717) is 6.54 Å². The molecule has 2 heterocycles. The Hall–Kier alpha value is -1.65. The molecule has 0 bridgehead atoms. The van der Waals surface area contributed by atoms with Gasteiger partial charge in [-0.2, -0.15) is 5.10 Å². The van der Waals surface area contributed by atoms with E-state index in [1.165, 1.54) is 17.2 Å². The fourth-order valence-corrected chi connectivity index (χ4v) is 2.93. The molecular formula is C14H19N3O2. The number of carbonyl (C=O) groups excluding carboxylic acids is 1. The zero-order chi connectivity index (χ0) is 13.2. The molecule has 1 amide bonds. The topological polar surface area (TPSA) is 55.2 Å². The van der Waals surface area contributed by atoms with Crippen LogP contribution in [0.25, 0.3) is 0 Å². The van der Waals surface area contributed by atoms with Crippen molar-refractivity contribution in [2.45, 2.75) is 44.7 Å². The molecule has 0 aromatic carbocycles. The number of likely N-dealkylation sites (tertiary alicyclic amines) is 1. The minimum atomic E-state index is -0.0922. The van der Waals surface area contributed by atoms with E-state index in [0.717, 1.165) is 32.2 Å². The molecule has 5 heteroatoms. The molecule has 1 saturated heterocycles. The summed E-state index contributed by atoms with van der Waals surface area (Å²) in [4.78, 5) is 26.0. The molecule has 5 nitrogen and oxygen atoms in total. The molecular weight excluding hydrogens is 242 g/mol. The van der Waals surface area contributed by atoms with E-state index < -0.39 is 0 Å². The van der Waals surface area contributed by atoms with Gasteiger partial charge in [-0.15, -0.1) is 0 Å². The third kappa shape index (κ3) is 2.41. The second kappa shape index (κ2) is 5.15. The van der Waals surface area contributed by atoms with Crippen molar-refractivity contribution in [1.82, 2.24) is 14.7 Å². The molecule has 1 unspecified atom stereocenters. The van der Waals surface area contributed by atoms with Gasteiger partial charge >= 0.3 is 0 Å². The summed E-state index contributed by atoms with van der Waals surface area (Å²) in [5.74, 6) is 0.527. The van der Waals surface area contributed by atoms with Crippen LogP contribution < -0.4 is 5.56 Å². The van der Waals surface area contributed by atoms with Crippen LogP contribution >= 0.6 is 0 Å². The zero-order valence-corrected chi connectivity index (χ0v) is 11.0. The minimum absolute atomic E-state index is 0.0922. The van der Waals surface area contributed by atoms with Crippen LogP contribution in [0.2, 0.25) is 0 Å². The first-order chi connectivity index (χ1) is 9.25. The first-order valence-electron chi connectivity index (χ1n) is 7.08. The molecule has 1 aromatic rings. The molecule has 3 rings (SSSR count). The normalized spacial score (nSPS) is 23.4. The van der Waals surface area contributed by atoms with Crippen molar-refractivity contribution in [3.8, 4) is 0 Å². The van der Waals surface area contributed by atoms with Crippen molar-refractivity contribution in [1.29, 1.82) is 0 Å². The lowest BCUT2D eigenvalue weighted by Gasteiger charge is -2.32. The van der Waals surface area contributed by atoms with Gasteiger partial charge in [0.2, 0.25) is 5.91 Å². The molecule has 1 saturated carbocycles. The summed E-state index contributed by atoms with van der Waals surface area (Å²) < 4.78 is 1.47. The Morgan fingerprint density at radius 3 is 2.84 bits per heavy atom. The average Bonchev–Trinajstić information content (AvgIpc) is 2.78. The Morgan fingerprint density at radius 2 is 2.16 bits per heavy atom. The van der Waals surface area contributed by atoms with E-state index in [1.54, 1.807) is 12.3 Å². The molecule has 19 heavy (non-hydrogen) atoms. The van der Waals surface area contributed by atoms with E-state index in [2.05, 4.69) is 5.10 Å². The number of carbonyl (C=O) groups is 1. The highest BCUT2D eigenvalue weighted by molar-refractivity contribution is 5.80. The minimum Gasteiger partial charge on any atom is -0.338 e. The third-order valence-corrected chi connectivity index (χ3v) is 4.28. The smallest absolute Gasteiger partial charge is 0.266 e. The Bertz CT molecular complexity index is 521. The van der Waals surface area contributed by atoms with Crippen molar-refractivity contribution in [3.63, 3.8) is 0 Å². The van der Waals surface area contributed by atoms with E-state index in [1.807, 2.05) is 4.90 Å².